The van der Waals surface area contributed by atoms with Crippen molar-refractivity contribution in [2.45, 2.75) is 71.0 Å². The van der Waals surface area contributed by atoms with Crippen LogP contribution < -0.4 is 9.80 Å². The number of aryl methyl sites for hydroxylation is 1. The lowest BCUT2D eigenvalue weighted by Crippen LogP contribution is -2.47. The molecule has 4 aromatic carbocycles. The number of piperazine rings is 2. The van der Waals surface area contributed by atoms with Crippen LogP contribution in [0, 0.1) is 6.92 Å². The number of rotatable bonds is 67. The molecule has 4 aliphatic heterocycles. The van der Waals surface area contributed by atoms with Crippen LogP contribution in [0.5, 0.6) is 0 Å². The maximum Gasteiger partial charge on any atom is 0.104 e. The monoisotopic (exact) mass is 1630 g/mol. The molecule has 0 bridgehead atoms. The predicted octanol–water partition coefficient (Wildman–Crippen LogP) is 9.92. The second-order valence-corrected chi connectivity index (χ2v) is 29.8. The summed E-state index contributed by atoms with van der Waals surface area (Å²) in [6.07, 6.45) is 2.88. The molecule has 0 saturated carbocycles. The molecule has 4 heterocycles. The van der Waals surface area contributed by atoms with Gasteiger partial charge in [-0.05, 0) is 99.4 Å². The van der Waals surface area contributed by atoms with Gasteiger partial charge in [0.25, 0.3) is 0 Å². The molecule has 0 aliphatic carbocycles. The van der Waals surface area contributed by atoms with Gasteiger partial charge in [0.2, 0.25) is 0 Å². The van der Waals surface area contributed by atoms with Crippen LogP contribution in [0.4, 0.5) is 22.7 Å². The fourth-order valence-corrected chi connectivity index (χ4v) is 14.8. The molecular formula is C83H135ClN6O20S2. The summed E-state index contributed by atoms with van der Waals surface area (Å²) >= 11 is 10.1. The van der Waals surface area contributed by atoms with E-state index in [-0.39, 0.29) is 18.3 Å². The smallest absolute Gasteiger partial charge is 0.104 e. The third-order valence-corrected chi connectivity index (χ3v) is 21.5. The Kier molecular flexibility index (Phi) is 53.5. The molecule has 4 aliphatic rings. The summed E-state index contributed by atoms with van der Waals surface area (Å²) in [5.74, 6) is 0. The summed E-state index contributed by atoms with van der Waals surface area (Å²) in [4.78, 5) is 20.4. The first-order valence-electron chi connectivity index (χ1n) is 40.5. The molecule has 0 radical (unpaired) electrons. The highest BCUT2D eigenvalue weighted by Crippen LogP contribution is 2.50. The number of benzene rings is 4. The fraction of sp³-hybridized carbons (Fsp3) is 0.711. The van der Waals surface area contributed by atoms with Crippen LogP contribution in [0.3, 0.4) is 0 Å². The molecular weight excluding hydrogens is 1500 g/mol. The van der Waals surface area contributed by atoms with Crippen molar-refractivity contribution in [3.63, 3.8) is 0 Å². The zero-order valence-corrected chi connectivity index (χ0v) is 70.6. The Bertz CT molecular complexity index is 2950. The van der Waals surface area contributed by atoms with E-state index in [4.69, 9.17) is 106 Å². The van der Waals surface area contributed by atoms with Gasteiger partial charge < -0.3 is 114 Å². The average molecular weight is 1640 g/mol. The Morgan fingerprint density at radius 2 is 0.598 bits per heavy atom. The van der Waals surface area contributed by atoms with E-state index in [0.717, 1.165) is 129 Å². The van der Waals surface area contributed by atoms with Gasteiger partial charge in [0.15, 0.2) is 0 Å². The molecule has 3 unspecified atom stereocenters. The molecule has 0 N–H and O–H groups in total. The summed E-state index contributed by atoms with van der Waals surface area (Å²) in [5.41, 5.74) is 6.48. The highest BCUT2D eigenvalue weighted by Gasteiger charge is 2.27. The summed E-state index contributed by atoms with van der Waals surface area (Å²) in [5, 5.41) is 0.788. The normalized spacial score (nSPS) is 15.6. The number of hydrogen-bond acceptors (Lipinski definition) is 28. The zero-order valence-electron chi connectivity index (χ0n) is 68.2. The summed E-state index contributed by atoms with van der Waals surface area (Å²) in [7, 11) is 6.63. The van der Waals surface area contributed by atoms with Gasteiger partial charge in [0.1, 0.15) is 12.2 Å². The molecule has 4 aromatic rings. The minimum Gasteiger partial charge on any atom is -0.382 e. The topological polar surface area (TPSA) is 204 Å². The van der Waals surface area contributed by atoms with E-state index in [2.05, 4.69) is 122 Å². The number of hydrogen-bond donors (Lipinski definition) is 0. The first-order valence-corrected chi connectivity index (χ1v) is 42.5. The molecule has 2 fully saturated rings. The van der Waals surface area contributed by atoms with Crippen LogP contribution in [0.2, 0.25) is 5.02 Å². The number of ether oxygens (including phenoxy) is 20. The third kappa shape index (κ3) is 40.8. The zero-order chi connectivity index (χ0) is 78.8. The lowest BCUT2D eigenvalue weighted by Gasteiger charge is -2.36. The Morgan fingerprint density at radius 3 is 0.955 bits per heavy atom. The van der Waals surface area contributed by atoms with Gasteiger partial charge in [-0.2, -0.15) is 0 Å². The van der Waals surface area contributed by atoms with E-state index >= 15 is 0 Å². The Hall–Kier alpha value is -3.49. The second-order valence-electron chi connectivity index (χ2n) is 27.2. The van der Waals surface area contributed by atoms with Gasteiger partial charge in [-0.3, -0.25) is 9.80 Å². The largest absolute Gasteiger partial charge is 0.382 e. The van der Waals surface area contributed by atoms with Gasteiger partial charge in [0.05, 0.1) is 247 Å². The van der Waals surface area contributed by atoms with E-state index in [9.17, 15) is 0 Å². The van der Waals surface area contributed by atoms with Crippen LogP contribution in [-0.2, 0) is 94.7 Å². The summed E-state index contributed by atoms with van der Waals surface area (Å²) < 4.78 is 111. The SMILES string of the molecule is CCC(COCC(COCC(COCCOCCOCCOCCOCCOCCOCCOCCOCCN1CCN(CCCN2c3ccccc3Sc3ccc(C)cc32)CC1)OC)OC)OC.COCCOCCOCCOCCOCCOCCN1CCN(CCCN2c3ccccc3Sc3ccc(Cl)cc32)CC1. The van der Waals surface area contributed by atoms with E-state index < -0.39 is 0 Å². The minimum atomic E-state index is -0.186. The van der Waals surface area contributed by atoms with Crippen molar-refractivity contribution in [1.82, 2.24) is 19.6 Å². The standard InChI is InChI=1S/C51H87N3O14S.C32H48ClN3O6S/c1-6-45(55-3)39-67-42-47(57-5)43-68-41-46(56-4)40-66-37-36-65-35-34-64-33-32-63-31-30-62-29-28-61-27-26-60-25-24-59-23-22-58-21-20-53-18-16-52(17-19-53)14-9-15-54-48-10-7-8-11-50(48)69-51-13-12-44(2)38-49(51)54;1-37-17-18-39-21-22-41-25-26-42-24-23-40-20-19-38-16-15-35-13-11-34(12-14-35)9-4-10-36-29-5-2-3-6-31(29)43-32-8-7-28(33)27-30(32)36/h7-8,10-13,38,45-47H,6,9,14-37,39-43H2,1-5H3;2-3,5-8,27H,4,9-26H2,1H3. The maximum atomic E-state index is 6.37. The van der Waals surface area contributed by atoms with Crippen molar-refractivity contribution in [3.05, 3.63) is 95.5 Å². The highest BCUT2D eigenvalue weighted by atomic mass is 35.5. The van der Waals surface area contributed by atoms with Crippen LogP contribution in [0.15, 0.2) is 105 Å². The van der Waals surface area contributed by atoms with Gasteiger partial charge in [-0.25, -0.2) is 0 Å². The summed E-state index contributed by atoms with van der Waals surface area (Å²) in [6.45, 7) is 36.7. The van der Waals surface area contributed by atoms with E-state index in [0.29, 0.717) is 205 Å². The van der Waals surface area contributed by atoms with Crippen LogP contribution in [0.25, 0.3) is 0 Å². The predicted molar refractivity (Wildman–Crippen MR) is 440 cm³/mol. The van der Waals surface area contributed by atoms with Crippen LogP contribution in [-0.4, -0.2) is 376 Å². The number of para-hydroxylation sites is 2. The van der Waals surface area contributed by atoms with E-state index in [1.54, 1.807) is 28.4 Å². The molecule has 26 nitrogen and oxygen atoms in total. The number of halogens is 1. The van der Waals surface area contributed by atoms with Gasteiger partial charge in [-0.1, -0.05) is 72.4 Å². The first kappa shape index (κ1) is 95.6. The lowest BCUT2D eigenvalue weighted by molar-refractivity contribution is -0.0879. The van der Waals surface area contributed by atoms with E-state index in [1.807, 2.05) is 29.6 Å². The average Bonchev–Trinajstić information content (AvgIpc) is 0.780. The van der Waals surface area contributed by atoms with E-state index in [1.165, 1.54) is 47.9 Å². The molecule has 636 valence electrons. The number of methoxy groups -OCH3 is 4. The Labute approximate surface area is 682 Å². The van der Waals surface area contributed by atoms with Crippen LogP contribution >= 0.6 is 35.1 Å². The molecule has 2 saturated heterocycles. The summed E-state index contributed by atoms with van der Waals surface area (Å²) in [6, 6.07) is 30.5. The van der Waals surface area contributed by atoms with Crippen molar-refractivity contribution >= 4 is 57.9 Å². The van der Waals surface area contributed by atoms with Crippen molar-refractivity contribution in [3.8, 4) is 0 Å². The lowest BCUT2D eigenvalue weighted by atomic mass is 10.1. The van der Waals surface area contributed by atoms with Crippen molar-refractivity contribution in [2.24, 2.45) is 0 Å². The maximum absolute atomic E-state index is 6.37. The molecule has 0 aromatic heterocycles. The quantitative estimate of drug-likeness (QED) is 0.0377. The molecule has 0 spiro atoms. The number of nitrogens with zero attached hydrogens (tertiary/aromatic N) is 6. The highest BCUT2D eigenvalue weighted by molar-refractivity contribution is 8.00. The number of anilines is 4. The van der Waals surface area contributed by atoms with Gasteiger partial charge >= 0.3 is 0 Å². The molecule has 112 heavy (non-hydrogen) atoms. The molecule has 0 amide bonds. The molecule has 8 rings (SSSR count). The Morgan fingerprint density at radius 1 is 0.304 bits per heavy atom. The fourth-order valence-electron chi connectivity index (χ4n) is 12.5. The van der Waals surface area contributed by atoms with Crippen LogP contribution in [0.1, 0.15) is 31.7 Å². The van der Waals surface area contributed by atoms with Crippen molar-refractivity contribution < 1.29 is 94.7 Å². The van der Waals surface area contributed by atoms with Gasteiger partial charge in [0, 0.05) is 132 Å². The van der Waals surface area contributed by atoms with Crippen molar-refractivity contribution in [2.75, 3.05) is 348 Å². The molecule has 3 atom stereocenters. The van der Waals surface area contributed by atoms with Gasteiger partial charge in [-0.15, -0.1) is 0 Å². The number of fused-ring (bicyclic) bond motifs is 4. The first-order chi connectivity index (χ1) is 55.3. The third-order valence-electron chi connectivity index (χ3n) is 19.0. The van der Waals surface area contributed by atoms with Crippen molar-refractivity contribution in [1.29, 1.82) is 0 Å². The molecule has 29 heteroatoms. The minimum absolute atomic E-state index is 0.0870. The second kappa shape index (κ2) is 62.7. The Balaban J connectivity index is 0.000000345.